The lowest BCUT2D eigenvalue weighted by molar-refractivity contribution is 0.577. The summed E-state index contributed by atoms with van der Waals surface area (Å²) in [7, 11) is 0. The average Bonchev–Trinajstić information content (AvgIpc) is 2.14. The molecule has 1 heterocycles. The highest BCUT2D eigenvalue weighted by Crippen LogP contribution is 1.93. The fourth-order valence-corrected chi connectivity index (χ4v) is 1.30. The standard InChI is InChI=1S/C10H16N2O2/c1-4-5-6-12-9(13)7(2)8(3)11-10(12)14/h4-6H2,1-3H3,(H,11,14). The molecule has 78 valence electrons. The van der Waals surface area contributed by atoms with Crippen LogP contribution in [0.2, 0.25) is 0 Å². The van der Waals surface area contributed by atoms with Gasteiger partial charge in [0, 0.05) is 17.8 Å². The maximum atomic E-state index is 11.7. The Bertz CT molecular complexity index is 429. The lowest BCUT2D eigenvalue weighted by Gasteiger charge is -2.06. The van der Waals surface area contributed by atoms with Gasteiger partial charge in [0.25, 0.3) is 5.56 Å². The average molecular weight is 196 g/mol. The molecule has 0 aliphatic rings. The van der Waals surface area contributed by atoms with Crippen LogP contribution in [0.15, 0.2) is 9.59 Å². The molecule has 0 atom stereocenters. The van der Waals surface area contributed by atoms with Crippen molar-refractivity contribution in [3.63, 3.8) is 0 Å². The zero-order chi connectivity index (χ0) is 10.7. The number of hydrogen-bond donors (Lipinski definition) is 1. The highest BCUT2D eigenvalue weighted by molar-refractivity contribution is 5.12. The van der Waals surface area contributed by atoms with Gasteiger partial charge in [-0.1, -0.05) is 13.3 Å². The van der Waals surface area contributed by atoms with Crippen molar-refractivity contribution in [3.8, 4) is 0 Å². The van der Waals surface area contributed by atoms with Crippen LogP contribution in [0, 0.1) is 13.8 Å². The first kappa shape index (κ1) is 10.8. The van der Waals surface area contributed by atoms with E-state index in [-0.39, 0.29) is 11.2 Å². The molecule has 0 saturated carbocycles. The van der Waals surface area contributed by atoms with E-state index >= 15 is 0 Å². The zero-order valence-corrected chi connectivity index (χ0v) is 8.89. The molecule has 4 heteroatoms. The van der Waals surface area contributed by atoms with Crippen LogP contribution in [0.25, 0.3) is 0 Å². The van der Waals surface area contributed by atoms with E-state index < -0.39 is 0 Å². The van der Waals surface area contributed by atoms with Gasteiger partial charge in [0.05, 0.1) is 0 Å². The molecule has 0 bridgehead atoms. The van der Waals surface area contributed by atoms with Crippen LogP contribution in [0.3, 0.4) is 0 Å². The lowest BCUT2D eigenvalue weighted by Crippen LogP contribution is -2.37. The van der Waals surface area contributed by atoms with E-state index in [1.807, 2.05) is 6.92 Å². The minimum Gasteiger partial charge on any atom is -0.311 e. The molecule has 1 aromatic heterocycles. The van der Waals surface area contributed by atoms with Crippen LogP contribution >= 0.6 is 0 Å². The lowest BCUT2D eigenvalue weighted by atomic mass is 10.2. The molecular weight excluding hydrogens is 180 g/mol. The summed E-state index contributed by atoms with van der Waals surface area (Å²) in [5.74, 6) is 0. The number of H-pyrrole nitrogens is 1. The molecule has 0 fully saturated rings. The van der Waals surface area contributed by atoms with E-state index in [4.69, 9.17) is 0 Å². The fraction of sp³-hybridized carbons (Fsp3) is 0.600. The number of aryl methyl sites for hydroxylation is 1. The molecule has 0 saturated heterocycles. The molecule has 1 rings (SSSR count). The van der Waals surface area contributed by atoms with Crippen molar-refractivity contribution in [3.05, 3.63) is 32.1 Å². The van der Waals surface area contributed by atoms with E-state index in [1.54, 1.807) is 13.8 Å². The van der Waals surface area contributed by atoms with Gasteiger partial charge in [0.1, 0.15) is 0 Å². The van der Waals surface area contributed by atoms with E-state index in [0.717, 1.165) is 12.8 Å². The summed E-state index contributed by atoms with van der Waals surface area (Å²) in [6, 6.07) is 0. The minimum absolute atomic E-state index is 0.167. The van der Waals surface area contributed by atoms with Crippen LogP contribution in [0.5, 0.6) is 0 Å². The molecule has 0 radical (unpaired) electrons. The smallest absolute Gasteiger partial charge is 0.311 e. The highest BCUT2D eigenvalue weighted by Gasteiger charge is 2.06. The van der Waals surface area contributed by atoms with Gasteiger partial charge in [0.15, 0.2) is 0 Å². The maximum Gasteiger partial charge on any atom is 0.328 e. The molecule has 0 aliphatic carbocycles. The van der Waals surface area contributed by atoms with Crippen LogP contribution in [0.4, 0.5) is 0 Å². The van der Waals surface area contributed by atoms with E-state index in [1.165, 1.54) is 4.57 Å². The monoisotopic (exact) mass is 196 g/mol. The van der Waals surface area contributed by atoms with Crippen LogP contribution in [-0.4, -0.2) is 9.55 Å². The number of nitrogens with zero attached hydrogens (tertiary/aromatic N) is 1. The topological polar surface area (TPSA) is 54.9 Å². The predicted molar refractivity (Wildman–Crippen MR) is 55.7 cm³/mol. The number of unbranched alkanes of at least 4 members (excludes halogenated alkanes) is 1. The Morgan fingerprint density at radius 1 is 1.29 bits per heavy atom. The summed E-state index contributed by atoms with van der Waals surface area (Å²) < 4.78 is 1.27. The second kappa shape index (κ2) is 4.26. The number of rotatable bonds is 3. The van der Waals surface area contributed by atoms with Crippen molar-refractivity contribution in [1.82, 2.24) is 9.55 Å². The van der Waals surface area contributed by atoms with Crippen molar-refractivity contribution in [2.24, 2.45) is 0 Å². The number of nitrogens with one attached hydrogen (secondary N) is 1. The van der Waals surface area contributed by atoms with Gasteiger partial charge < -0.3 is 4.98 Å². The van der Waals surface area contributed by atoms with Gasteiger partial charge in [-0.15, -0.1) is 0 Å². The second-order valence-corrected chi connectivity index (χ2v) is 3.49. The van der Waals surface area contributed by atoms with Gasteiger partial charge >= 0.3 is 5.69 Å². The summed E-state index contributed by atoms with van der Waals surface area (Å²) in [6.45, 7) is 6.00. The molecule has 0 aromatic carbocycles. The zero-order valence-electron chi connectivity index (χ0n) is 8.89. The molecule has 14 heavy (non-hydrogen) atoms. The third kappa shape index (κ3) is 1.95. The van der Waals surface area contributed by atoms with Gasteiger partial charge in [0.2, 0.25) is 0 Å². The van der Waals surface area contributed by atoms with Crippen molar-refractivity contribution < 1.29 is 0 Å². The quantitative estimate of drug-likeness (QED) is 0.782. The normalized spacial score (nSPS) is 10.5. The first-order valence-electron chi connectivity index (χ1n) is 4.88. The highest BCUT2D eigenvalue weighted by atomic mass is 16.2. The first-order valence-corrected chi connectivity index (χ1v) is 4.88. The van der Waals surface area contributed by atoms with E-state index in [9.17, 15) is 9.59 Å². The molecule has 4 nitrogen and oxygen atoms in total. The maximum absolute atomic E-state index is 11.7. The van der Waals surface area contributed by atoms with Crippen LogP contribution in [0.1, 0.15) is 31.0 Å². The Morgan fingerprint density at radius 3 is 2.50 bits per heavy atom. The minimum atomic E-state index is -0.299. The van der Waals surface area contributed by atoms with Crippen molar-refractivity contribution in [2.75, 3.05) is 0 Å². The third-order valence-electron chi connectivity index (χ3n) is 2.40. The Labute approximate surface area is 82.6 Å². The molecule has 0 spiro atoms. The van der Waals surface area contributed by atoms with Crippen molar-refractivity contribution in [2.45, 2.75) is 40.2 Å². The molecule has 0 unspecified atom stereocenters. The van der Waals surface area contributed by atoms with Gasteiger partial charge in [-0.05, 0) is 20.3 Å². The van der Waals surface area contributed by atoms with Gasteiger partial charge in [-0.2, -0.15) is 0 Å². The number of aromatic amines is 1. The number of aromatic nitrogens is 2. The fourth-order valence-electron chi connectivity index (χ4n) is 1.30. The Kier molecular flexibility index (Phi) is 3.28. The Hall–Kier alpha value is -1.32. The van der Waals surface area contributed by atoms with Crippen molar-refractivity contribution in [1.29, 1.82) is 0 Å². The molecule has 1 N–H and O–H groups in total. The third-order valence-corrected chi connectivity index (χ3v) is 2.40. The van der Waals surface area contributed by atoms with Gasteiger partial charge in [-0.25, -0.2) is 4.79 Å². The summed E-state index contributed by atoms with van der Waals surface area (Å²) in [6.07, 6.45) is 1.82. The number of hydrogen-bond acceptors (Lipinski definition) is 2. The molecular formula is C10H16N2O2. The Morgan fingerprint density at radius 2 is 1.93 bits per heavy atom. The molecule has 1 aromatic rings. The van der Waals surface area contributed by atoms with E-state index in [0.29, 0.717) is 17.8 Å². The molecule has 0 amide bonds. The largest absolute Gasteiger partial charge is 0.328 e. The SMILES string of the molecule is CCCCn1c(=O)[nH]c(C)c(C)c1=O. The molecule has 0 aliphatic heterocycles. The summed E-state index contributed by atoms with van der Waals surface area (Å²) >= 11 is 0. The first-order chi connectivity index (χ1) is 6.57. The van der Waals surface area contributed by atoms with Gasteiger partial charge in [-0.3, -0.25) is 9.36 Å². The predicted octanol–water partition coefficient (Wildman–Crippen LogP) is 0.954. The van der Waals surface area contributed by atoms with E-state index in [2.05, 4.69) is 4.98 Å². The Balaban J connectivity index is 3.23. The summed E-state index contributed by atoms with van der Waals surface area (Å²) in [5.41, 5.74) is 0.819. The van der Waals surface area contributed by atoms with Crippen molar-refractivity contribution >= 4 is 0 Å². The second-order valence-electron chi connectivity index (χ2n) is 3.49. The summed E-state index contributed by atoms with van der Waals surface area (Å²) in [5, 5.41) is 0. The van der Waals surface area contributed by atoms with Crippen LogP contribution < -0.4 is 11.2 Å². The summed E-state index contributed by atoms with van der Waals surface area (Å²) in [4.78, 5) is 25.7. The van der Waals surface area contributed by atoms with Crippen LogP contribution in [-0.2, 0) is 6.54 Å².